The predicted molar refractivity (Wildman–Crippen MR) is 46.8 cm³/mol. The summed E-state index contributed by atoms with van der Waals surface area (Å²) in [5, 5.41) is 2.71. The molecule has 1 amide bonds. The van der Waals surface area contributed by atoms with Crippen LogP contribution in [0.1, 0.15) is 11.1 Å². The molecule has 13 heavy (non-hydrogen) atoms. The van der Waals surface area contributed by atoms with E-state index in [0.29, 0.717) is 12.1 Å². The van der Waals surface area contributed by atoms with E-state index in [1.165, 1.54) is 6.07 Å². The van der Waals surface area contributed by atoms with Crippen LogP contribution in [0.25, 0.3) is 0 Å². The Balaban J connectivity index is 2.46. The fraction of sp³-hybridized carbons (Fsp3) is 0.300. The fourth-order valence-corrected chi connectivity index (χ4v) is 1.60. The van der Waals surface area contributed by atoms with Crippen LogP contribution in [0.15, 0.2) is 18.2 Å². The van der Waals surface area contributed by atoms with Crippen LogP contribution in [0.5, 0.6) is 0 Å². The first-order valence-corrected chi connectivity index (χ1v) is 4.30. The van der Waals surface area contributed by atoms with Gasteiger partial charge in [-0.1, -0.05) is 12.1 Å². The smallest absolute Gasteiger partial charge is 0.224 e. The summed E-state index contributed by atoms with van der Waals surface area (Å²) in [7, 11) is 0. The molecule has 0 aromatic heterocycles. The molecule has 0 aliphatic carbocycles. The van der Waals surface area contributed by atoms with Gasteiger partial charge in [0, 0.05) is 12.1 Å². The van der Waals surface area contributed by atoms with Crippen molar-refractivity contribution >= 4 is 5.91 Å². The number of fused-ring (bicyclic) bond motifs is 1. The first kappa shape index (κ1) is 8.23. The highest BCUT2D eigenvalue weighted by Crippen LogP contribution is 2.16. The van der Waals surface area contributed by atoms with Gasteiger partial charge < -0.3 is 5.32 Å². The molecular formula is C10H10FNO. The van der Waals surface area contributed by atoms with Crippen LogP contribution in [0.3, 0.4) is 0 Å². The number of hydrogen-bond donors (Lipinski definition) is 1. The molecule has 2 rings (SSSR count). The first-order chi connectivity index (χ1) is 6.27. The van der Waals surface area contributed by atoms with E-state index in [2.05, 4.69) is 5.32 Å². The van der Waals surface area contributed by atoms with Crippen molar-refractivity contribution < 1.29 is 9.18 Å². The number of benzene rings is 1. The number of halogens is 1. The highest BCUT2D eigenvalue weighted by Gasteiger charge is 2.15. The van der Waals surface area contributed by atoms with Crippen molar-refractivity contribution in [1.29, 1.82) is 0 Å². The number of hydrogen-bond acceptors (Lipinski definition) is 1. The van der Waals surface area contributed by atoms with Crippen molar-refractivity contribution in [2.45, 2.75) is 12.8 Å². The highest BCUT2D eigenvalue weighted by atomic mass is 19.1. The topological polar surface area (TPSA) is 29.1 Å². The Hall–Kier alpha value is -1.38. The third-order valence-electron chi connectivity index (χ3n) is 2.27. The van der Waals surface area contributed by atoms with E-state index in [4.69, 9.17) is 0 Å². The van der Waals surface area contributed by atoms with Crippen molar-refractivity contribution in [2.24, 2.45) is 0 Å². The van der Waals surface area contributed by atoms with Crippen LogP contribution in [0, 0.1) is 5.82 Å². The molecule has 0 radical (unpaired) electrons. The van der Waals surface area contributed by atoms with Crippen LogP contribution in [-0.2, 0) is 17.6 Å². The minimum atomic E-state index is -0.269. The van der Waals surface area contributed by atoms with Gasteiger partial charge in [0.05, 0.1) is 6.42 Å². The normalized spacial score (nSPS) is 15.9. The maximum absolute atomic E-state index is 13.2. The third kappa shape index (κ3) is 1.54. The summed E-state index contributed by atoms with van der Waals surface area (Å²) < 4.78 is 13.2. The van der Waals surface area contributed by atoms with Crippen LogP contribution in [0.2, 0.25) is 0 Å². The van der Waals surface area contributed by atoms with Gasteiger partial charge in [0.2, 0.25) is 5.91 Å². The molecule has 68 valence electrons. The molecule has 1 aromatic carbocycles. The Morgan fingerprint density at radius 1 is 1.38 bits per heavy atom. The lowest BCUT2D eigenvalue weighted by atomic mass is 10.0. The Morgan fingerprint density at radius 3 is 3.08 bits per heavy atom. The minimum Gasteiger partial charge on any atom is -0.355 e. The zero-order valence-corrected chi connectivity index (χ0v) is 7.14. The average molecular weight is 179 g/mol. The number of nitrogens with one attached hydrogen (secondary N) is 1. The van der Waals surface area contributed by atoms with Crippen molar-refractivity contribution in [3.63, 3.8) is 0 Å². The Kier molecular flexibility index (Phi) is 2.00. The predicted octanol–water partition coefficient (Wildman–Crippen LogP) is 1.04. The summed E-state index contributed by atoms with van der Waals surface area (Å²) in [6.45, 7) is 0.606. The van der Waals surface area contributed by atoms with Crippen molar-refractivity contribution in [3.8, 4) is 0 Å². The minimum absolute atomic E-state index is 0.0937. The van der Waals surface area contributed by atoms with E-state index in [-0.39, 0.29) is 18.1 Å². The molecule has 1 aliphatic rings. The van der Waals surface area contributed by atoms with Crippen LogP contribution in [-0.4, -0.2) is 12.5 Å². The van der Waals surface area contributed by atoms with E-state index in [0.717, 1.165) is 12.0 Å². The van der Waals surface area contributed by atoms with Crippen molar-refractivity contribution in [3.05, 3.63) is 35.1 Å². The van der Waals surface area contributed by atoms with Gasteiger partial charge in [0.25, 0.3) is 0 Å². The Labute approximate surface area is 75.8 Å². The molecule has 1 N–H and O–H groups in total. The van der Waals surface area contributed by atoms with Gasteiger partial charge >= 0.3 is 0 Å². The summed E-state index contributed by atoms with van der Waals surface area (Å²) in [5.74, 6) is -0.363. The molecule has 1 aromatic rings. The lowest BCUT2D eigenvalue weighted by Gasteiger charge is -2.03. The second-order valence-electron chi connectivity index (χ2n) is 3.15. The second kappa shape index (κ2) is 3.17. The third-order valence-corrected chi connectivity index (χ3v) is 2.27. The maximum Gasteiger partial charge on any atom is 0.224 e. The van der Waals surface area contributed by atoms with Gasteiger partial charge in [-0.15, -0.1) is 0 Å². The molecule has 3 heteroatoms. The van der Waals surface area contributed by atoms with E-state index in [9.17, 15) is 9.18 Å². The molecule has 0 fully saturated rings. The first-order valence-electron chi connectivity index (χ1n) is 4.30. The van der Waals surface area contributed by atoms with Gasteiger partial charge in [0.1, 0.15) is 5.82 Å². The number of amides is 1. The van der Waals surface area contributed by atoms with Crippen molar-refractivity contribution in [1.82, 2.24) is 5.32 Å². The average Bonchev–Trinajstić information content (AvgIpc) is 2.28. The highest BCUT2D eigenvalue weighted by molar-refractivity contribution is 5.79. The molecular weight excluding hydrogens is 169 g/mol. The summed E-state index contributed by atoms with van der Waals surface area (Å²) in [6.07, 6.45) is 0.890. The number of carbonyl (C=O) groups excluding carboxylic acids is 1. The summed E-state index contributed by atoms with van der Waals surface area (Å²) in [4.78, 5) is 11.1. The van der Waals surface area contributed by atoms with E-state index in [1.807, 2.05) is 6.07 Å². The van der Waals surface area contributed by atoms with Gasteiger partial charge in [0.15, 0.2) is 0 Å². The number of rotatable bonds is 0. The monoisotopic (exact) mass is 179 g/mol. The van der Waals surface area contributed by atoms with Gasteiger partial charge in [-0.2, -0.15) is 0 Å². The second-order valence-corrected chi connectivity index (χ2v) is 3.15. The van der Waals surface area contributed by atoms with Gasteiger partial charge in [-0.05, 0) is 18.1 Å². The van der Waals surface area contributed by atoms with Gasteiger partial charge in [-0.25, -0.2) is 4.39 Å². The Morgan fingerprint density at radius 2 is 2.23 bits per heavy atom. The molecule has 1 heterocycles. The quantitative estimate of drug-likeness (QED) is 0.633. The zero-order valence-electron chi connectivity index (χ0n) is 7.14. The molecule has 0 saturated heterocycles. The SMILES string of the molecule is O=C1Cc2c(F)cccc2CCN1. The van der Waals surface area contributed by atoms with Crippen LogP contribution < -0.4 is 5.32 Å². The fourth-order valence-electron chi connectivity index (χ4n) is 1.60. The van der Waals surface area contributed by atoms with Crippen LogP contribution >= 0.6 is 0 Å². The Bertz CT molecular complexity index is 349. The molecule has 1 aliphatic heterocycles. The zero-order chi connectivity index (χ0) is 9.26. The van der Waals surface area contributed by atoms with E-state index >= 15 is 0 Å². The summed E-state index contributed by atoms with van der Waals surface area (Å²) >= 11 is 0. The number of carbonyl (C=O) groups is 1. The largest absolute Gasteiger partial charge is 0.355 e. The lowest BCUT2D eigenvalue weighted by molar-refractivity contribution is -0.120. The standard InChI is InChI=1S/C10H10FNO/c11-9-3-1-2-7-4-5-12-10(13)6-8(7)9/h1-3H,4-6H2,(H,12,13). The molecule has 0 bridgehead atoms. The molecule has 0 unspecified atom stereocenters. The maximum atomic E-state index is 13.2. The molecule has 2 nitrogen and oxygen atoms in total. The molecule has 0 spiro atoms. The van der Waals surface area contributed by atoms with E-state index < -0.39 is 0 Å². The summed E-state index contributed by atoms with van der Waals surface area (Å²) in [6, 6.07) is 4.96. The van der Waals surface area contributed by atoms with Crippen LogP contribution in [0.4, 0.5) is 4.39 Å². The summed E-state index contributed by atoms with van der Waals surface area (Å²) in [5.41, 5.74) is 1.50. The van der Waals surface area contributed by atoms with E-state index in [1.54, 1.807) is 6.07 Å². The lowest BCUT2D eigenvalue weighted by Crippen LogP contribution is -2.24. The molecule has 0 saturated carbocycles. The van der Waals surface area contributed by atoms with Crippen molar-refractivity contribution in [2.75, 3.05) is 6.54 Å². The molecule has 0 atom stereocenters. The van der Waals surface area contributed by atoms with Gasteiger partial charge in [-0.3, -0.25) is 4.79 Å².